The summed E-state index contributed by atoms with van der Waals surface area (Å²) in [5.74, 6) is -0.389. The zero-order valence-corrected chi connectivity index (χ0v) is 10.2. The number of nitrogens with two attached hydrogens (primary N) is 2. The highest BCUT2D eigenvalue weighted by Gasteiger charge is 2.13. The lowest BCUT2D eigenvalue weighted by Gasteiger charge is -2.22. The van der Waals surface area contributed by atoms with Crippen molar-refractivity contribution in [2.45, 2.75) is 6.92 Å². The van der Waals surface area contributed by atoms with Gasteiger partial charge >= 0.3 is 0 Å². The summed E-state index contributed by atoms with van der Waals surface area (Å²) in [6, 6.07) is 5.65. The van der Waals surface area contributed by atoms with Crippen LogP contribution in [0.2, 0.25) is 0 Å². The summed E-state index contributed by atoms with van der Waals surface area (Å²) < 4.78 is 0. The van der Waals surface area contributed by atoms with Gasteiger partial charge in [-0.05, 0) is 18.6 Å². The fourth-order valence-corrected chi connectivity index (χ4v) is 1.84. The molecule has 0 aromatic heterocycles. The average Bonchev–Trinajstić information content (AvgIpc) is 2.15. The van der Waals surface area contributed by atoms with Crippen molar-refractivity contribution < 1.29 is 4.79 Å². The Bertz CT molecular complexity index is 431. The lowest BCUT2D eigenvalue weighted by molar-refractivity contribution is -0.116. The van der Waals surface area contributed by atoms with Gasteiger partial charge in [0.25, 0.3) is 0 Å². The number of nitrogens with zero attached hydrogens (tertiary/aromatic N) is 1. The third-order valence-electron chi connectivity index (χ3n) is 2.28. The molecule has 0 radical (unpaired) electrons. The van der Waals surface area contributed by atoms with Gasteiger partial charge in [0, 0.05) is 12.6 Å². The van der Waals surface area contributed by atoms with E-state index in [9.17, 15) is 4.79 Å². The van der Waals surface area contributed by atoms with Gasteiger partial charge in [-0.3, -0.25) is 4.79 Å². The molecule has 1 aromatic carbocycles. The Morgan fingerprint density at radius 3 is 2.56 bits per heavy atom. The van der Waals surface area contributed by atoms with E-state index in [1.165, 1.54) is 0 Å². The number of carbonyl (C=O) groups is 1. The third kappa shape index (κ3) is 2.70. The van der Waals surface area contributed by atoms with Gasteiger partial charge in [-0.15, -0.1) is 0 Å². The van der Waals surface area contributed by atoms with Gasteiger partial charge in [0.2, 0.25) is 5.91 Å². The molecule has 0 spiro atoms. The number of aryl methyl sites for hydroxylation is 1. The molecule has 16 heavy (non-hydrogen) atoms. The van der Waals surface area contributed by atoms with Crippen LogP contribution in [0.25, 0.3) is 0 Å². The molecule has 0 heterocycles. The number of likely N-dealkylation sites (N-methyl/N-ethyl adjacent to an activating group) is 1. The van der Waals surface area contributed by atoms with Crippen LogP contribution in [0, 0.1) is 6.92 Å². The SMILES string of the molecule is Cc1cccc(C(N)=S)c1N(C)CC(N)=O. The molecule has 0 fully saturated rings. The third-order valence-corrected chi connectivity index (χ3v) is 2.50. The second kappa shape index (κ2) is 4.94. The molecule has 4 N–H and O–H groups in total. The van der Waals surface area contributed by atoms with Crippen LogP contribution in [-0.4, -0.2) is 24.5 Å². The summed E-state index contributed by atoms with van der Waals surface area (Å²) >= 11 is 4.98. The van der Waals surface area contributed by atoms with Crippen LogP contribution in [0.4, 0.5) is 5.69 Å². The molecule has 1 amide bonds. The Morgan fingerprint density at radius 2 is 2.06 bits per heavy atom. The van der Waals surface area contributed by atoms with Gasteiger partial charge in [0.1, 0.15) is 4.99 Å². The number of hydrogen-bond donors (Lipinski definition) is 2. The van der Waals surface area contributed by atoms with Gasteiger partial charge in [-0.2, -0.15) is 0 Å². The summed E-state index contributed by atoms with van der Waals surface area (Å²) in [5, 5.41) is 0. The zero-order valence-electron chi connectivity index (χ0n) is 9.36. The van der Waals surface area contributed by atoms with Crippen LogP contribution in [0.5, 0.6) is 0 Å². The van der Waals surface area contributed by atoms with E-state index in [0.717, 1.165) is 16.8 Å². The predicted molar refractivity (Wildman–Crippen MR) is 69.5 cm³/mol. The van der Waals surface area contributed by atoms with E-state index in [1.54, 1.807) is 11.9 Å². The van der Waals surface area contributed by atoms with Gasteiger partial charge < -0.3 is 16.4 Å². The largest absolute Gasteiger partial charge is 0.389 e. The van der Waals surface area contributed by atoms with Crippen molar-refractivity contribution in [2.75, 3.05) is 18.5 Å². The second-order valence-corrected chi connectivity index (χ2v) is 4.10. The quantitative estimate of drug-likeness (QED) is 0.750. The maximum atomic E-state index is 10.9. The van der Waals surface area contributed by atoms with Crippen molar-refractivity contribution in [3.63, 3.8) is 0 Å². The van der Waals surface area contributed by atoms with E-state index in [2.05, 4.69) is 0 Å². The summed E-state index contributed by atoms with van der Waals surface area (Å²) in [6.45, 7) is 2.08. The Labute approximate surface area is 100 Å². The number of rotatable bonds is 4. The number of anilines is 1. The highest BCUT2D eigenvalue weighted by atomic mass is 32.1. The predicted octanol–water partition coefficient (Wildman–Crippen LogP) is 0.551. The maximum absolute atomic E-state index is 10.9. The molecule has 0 unspecified atom stereocenters. The van der Waals surface area contributed by atoms with Crippen LogP contribution in [0.3, 0.4) is 0 Å². The minimum atomic E-state index is -0.389. The number of hydrogen-bond acceptors (Lipinski definition) is 3. The Balaban J connectivity index is 3.19. The number of thiocarbonyl (C=S) groups is 1. The fourth-order valence-electron chi connectivity index (χ4n) is 1.68. The fraction of sp³-hybridized carbons (Fsp3) is 0.273. The van der Waals surface area contributed by atoms with Crippen molar-refractivity contribution in [1.82, 2.24) is 0 Å². The first kappa shape index (κ1) is 12.4. The van der Waals surface area contributed by atoms with Gasteiger partial charge in [-0.25, -0.2) is 0 Å². The smallest absolute Gasteiger partial charge is 0.236 e. The van der Waals surface area contributed by atoms with Crippen molar-refractivity contribution in [3.8, 4) is 0 Å². The van der Waals surface area contributed by atoms with E-state index in [1.807, 2.05) is 25.1 Å². The van der Waals surface area contributed by atoms with E-state index in [0.29, 0.717) is 4.99 Å². The molecule has 0 atom stereocenters. The van der Waals surface area contributed by atoms with E-state index in [-0.39, 0.29) is 12.5 Å². The lowest BCUT2D eigenvalue weighted by Crippen LogP contribution is -2.32. The summed E-state index contributed by atoms with van der Waals surface area (Å²) in [5.41, 5.74) is 13.4. The average molecular weight is 237 g/mol. The van der Waals surface area contributed by atoms with Crippen molar-refractivity contribution in [3.05, 3.63) is 29.3 Å². The Hall–Kier alpha value is -1.62. The Morgan fingerprint density at radius 1 is 1.44 bits per heavy atom. The highest BCUT2D eigenvalue weighted by molar-refractivity contribution is 7.80. The first-order valence-electron chi connectivity index (χ1n) is 4.82. The van der Waals surface area contributed by atoms with E-state index >= 15 is 0 Å². The molecule has 0 aliphatic rings. The van der Waals surface area contributed by atoms with Crippen LogP contribution in [-0.2, 0) is 4.79 Å². The van der Waals surface area contributed by atoms with Gasteiger partial charge in [0.15, 0.2) is 0 Å². The monoisotopic (exact) mass is 237 g/mol. The van der Waals surface area contributed by atoms with Crippen molar-refractivity contribution in [2.24, 2.45) is 11.5 Å². The van der Waals surface area contributed by atoms with E-state index < -0.39 is 0 Å². The minimum Gasteiger partial charge on any atom is -0.389 e. The maximum Gasteiger partial charge on any atom is 0.236 e. The first-order chi connectivity index (χ1) is 7.43. The summed E-state index contributed by atoms with van der Waals surface area (Å²) in [6.07, 6.45) is 0. The number of amides is 1. The summed E-state index contributed by atoms with van der Waals surface area (Å²) in [4.78, 5) is 13.0. The molecule has 0 bridgehead atoms. The topological polar surface area (TPSA) is 72.3 Å². The molecule has 0 saturated carbocycles. The summed E-state index contributed by atoms with van der Waals surface area (Å²) in [7, 11) is 1.79. The molecule has 1 aromatic rings. The molecular formula is C11H15N3OS. The second-order valence-electron chi connectivity index (χ2n) is 3.66. The normalized spacial score (nSPS) is 9.88. The van der Waals surface area contributed by atoms with Crippen molar-refractivity contribution >= 4 is 28.8 Å². The molecule has 0 aliphatic carbocycles. The number of benzene rings is 1. The van der Waals surface area contributed by atoms with Crippen LogP contribution >= 0.6 is 12.2 Å². The first-order valence-corrected chi connectivity index (χ1v) is 5.23. The molecule has 4 nitrogen and oxygen atoms in total. The Kier molecular flexibility index (Phi) is 3.84. The van der Waals surface area contributed by atoms with Crippen LogP contribution in [0.15, 0.2) is 18.2 Å². The van der Waals surface area contributed by atoms with Crippen LogP contribution < -0.4 is 16.4 Å². The molecule has 5 heteroatoms. The molecule has 0 aliphatic heterocycles. The molecule has 1 rings (SSSR count). The molecule has 0 saturated heterocycles. The van der Waals surface area contributed by atoms with E-state index in [4.69, 9.17) is 23.7 Å². The van der Waals surface area contributed by atoms with Gasteiger partial charge in [0.05, 0.1) is 12.2 Å². The zero-order chi connectivity index (χ0) is 12.3. The number of para-hydroxylation sites is 1. The van der Waals surface area contributed by atoms with Gasteiger partial charge in [-0.1, -0.05) is 24.4 Å². The minimum absolute atomic E-state index is 0.139. The standard InChI is InChI=1S/C11H15N3OS/c1-7-4-3-5-8(11(13)16)10(7)14(2)6-9(12)15/h3-5H,6H2,1-2H3,(H2,12,15)(H2,13,16). The lowest BCUT2D eigenvalue weighted by atomic mass is 10.1. The van der Waals surface area contributed by atoms with Crippen molar-refractivity contribution in [1.29, 1.82) is 0 Å². The highest BCUT2D eigenvalue weighted by Crippen LogP contribution is 2.23. The number of primary amides is 1. The number of carbonyl (C=O) groups excluding carboxylic acids is 1. The van der Waals surface area contributed by atoms with Crippen LogP contribution in [0.1, 0.15) is 11.1 Å². The molecular weight excluding hydrogens is 222 g/mol. The molecule has 86 valence electrons.